The predicted molar refractivity (Wildman–Crippen MR) is 39.4 cm³/mol. The van der Waals surface area contributed by atoms with Crippen LogP contribution in [0.4, 0.5) is 5.69 Å². The van der Waals surface area contributed by atoms with Crippen molar-refractivity contribution in [3.8, 4) is 0 Å². The Morgan fingerprint density at radius 1 is 1.18 bits per heavy atom. The summed E-state index contributed by atoms with van der Waals surface area (Å²) in [4.78, 5) is 21.8. The van der Waals surface area contributed by atoms with Crippen LogP contribution in [0, 0.1) is 0 Å². The second kappa shape index (κ2) is 1.92. The van der Waals surface area contributed by atoms with Crippen molar-refractivity contribution in [3.63, 3.8) is 0 Å². The fourth-order valence-corrected chi connectivity index (χ4v) is 1.09. The third-order valence-electron chi connectivity index (χ3n) is 1.63. The molecule has 1 aliphatic heterocycles. The molecule has 1 aromatic carbocycles. The van der Waals surface area contributed by atoms with E-state index in [0.717, 1.165) is 0 Å². The van der Waals surface area contributed by atoms with E-state index in [-0.39, 0.29) is 0 Å². The largest absolute Gasteiger partial charge is 0.318 e. The summed E-state index contributed by atoms with van der Waals surface area (Å²) in [5, 5.41) is 2.46. The Bertz CT molecular complexity index is 344. The normalized spacial score (nSPS) is 14.5. The first-order valence-electron chi connectivity index (χ1n) is 3.24. The molecule has 0 saturated carbocycles. The minimum atomic E-state index is -0.536. The maximum atomic E-state index is 11.0. The van der Waals surface area contributed by atoms with E-state index in [1.54, 1.807) is 24.3 Å². The van der Waals surface area contributed by atoms with Gasteiger partial charge in [-0.3, -0.25) is 9.59 Å². The van der Waals surface area contributed by atoms with Gasteiger partial charge in [0.05, 0.1) is 11.3 Å². The Balaban J connectivity index is 2.64. The minimum absolute atomic E-state index is 0.444. The molecule has 0 radical (unpaired) electrons. The fourth-order valence-electron chi connectivity index (χ4n) is 1.09. The van der Waals surface area contributed by atoms with Crippen molar-refractivity contribution in [2.45, 2.75) is 0 Å². The van der Waals surface area contributed by atoms with E-state index >= 15 is 0 Å². The molecule has 1 N–H and O–H groups in total. The number of hydrogen-bond donors (Lipinski definition) is 1. The molecule has 0 unspecified atom stereocenters. The molecule has 0 bridgehead atoms. The number of nitrogens with one attached hydrogen (secondary N) is 1. The summed E-state index contributed by atoms with van der Waals surface area (Å²) in [7, 11) is 0. The van der Waals surface area contributed by atoms with Gasteiger partial charge in [-0.25, -0.2) is 0 Å². The minimum Gasteiger partial charge on any atom is -0.318 e. The summed E-state index contributed by atoms with van der Waals surface area (Å²) < 4.78 is 0. The van der Waals surface area contributed by atoms with Crippen molar-refractivity contribution in [1.82, 2.24) is 0 Å². The third kappa shape index (κ3) is 0.741. The van der Waals surface area contributed by atoms with E-state index in [2.05, 4.69) is 5.32 Å². The summed E-state index contributed by atoms with van der Waals surface area (Å²) >= 11 is 0. The number of rotatable bonds is 0. The SMILES string of the molecule is O=[14C]1Nc2ccccc2[14C]1=O. The number of carbonyl (C=O) groups is 2. The molecule has 1 amide bonds. The summed E-state index contributed by atoms with van der Waals surface area (Å²) in [6.45, 7) is 0. The van der Waals surface area contributed by atoms with Gasteiger partial charge in [0.1, 0.15) is 0 Å². The van der Waals surface area contributed by atoms with E-state index in [4.69, 9.17) is 0 Å². The Morgan fingerprint density at radius 3 is 2.64 bits per heavy atom. The highest BCUT2D eigenvalue weighted by molar-refractivity contribution is 6.51. The highest BCUT2D eigenvalue weighted by Gasteiger charge is 2.26. The lowest BCUT2D eigenvalue weighted by atomic mass is 10.3. The number of amides is 1. The van der Waals surface area contributed by atoms with Gasteiger partial charge in [-0.2, -0.15) is 0 Å². The molecule has 0 fully saturated rings. The van der Waals surface area contributed by atoms with Gasteiger partial charge in [0, 0.05) is 0 Å². The van der Waals surface area contributed by atoms with E-state index in [1.807, 2.05) is 0 Å². The lowest BCUT2D eigenvalue weighted by Crippen LogP contribution is -2.12. The van der Waals surface area contributed by atoms with Crippen molar-refractivity contribution in [1.29, 1.82) is 0 Å². The number of fused-ring (bicyclic) bond motifs is 1. The Hall–Kier alpha value is -1.64. The number of benzene rings is 1. The van der Waals surface area contributed by atoms with Crippen molar-refractivity contribution < 1.29 is 9.59 Å². The molecule has 54 valence electrons. The Morgan fingerprint density at radius 2 is 1.91 bits per heavy atom. The van der Waals surface area contributed by atoms with Crippen LogP contribution in [0.25, 0.3) is 0 Å². The van der Waals surface area contributed by atoms with E-state index in [9.17, 15) is 9.59 Å². The van der Waals surface area contributed by atoms with Gasteiger partial charge in [-0.1, -0.05) is 12.1 Å². The van der Waals surface area contributed by atoms with E-state index in [1.165, 1.54) is 0 Å². The van der Waals surface area contributed by atoms with Crippen LogP contribution in [0.15, 0.2) is 24.3 Å². The van der Waals surface area contributed by atoms with Crippen molar-refractivity contribution in [3.05, 3.63) is 29.8 Å². The highest BCUT2D eigenvalue weighted by atomic mass is 16.5. The van der Waals surface area contributed by atoms with Crippen molar-refractivity contribution in [2.75, 3.05) is 5.32 Å². The van der Waals surface area contributed by atoms with E-state index in [0.29, 0.717) is 11.3 Å². The predicted octanol–water partition coefficient (Wildman–Crippen LogP) is 0.821. The van der Waals surface area contributed by atoms with Gasteiger partial charge in [-0.15, -0.1) is 0 Å². The van der Waals surface area contributed by atoms with Gasteiger partial charge in [-0.05, 0) is 12.1 Å². The first-order valence-corrected chi connectivity index (χ1v) is 3.24. The molecule has 0 atom stereocenters. The molecule has 2 rings (SSSR count). The molecule has 0 spiro atoms. The van der Waals surface area contributed by atoms with Crippen LogP contribution in [0.1, 0.15) is 10.4 Å². The second-order valence-corrected chi connectivity index (χ2v) is 2.33. The molecule has 0 saturated heterocycles. The zero-order valence-electron chi connectivity index (χ0n) is 5.63. The first-order chi connectivity index (χ1) is 5.29. The zero-order chi connectivity index (χ0) is 7.84. The summed E-state index contributed by atoms with van der Waals surface area (Å²) in [5.41, 5.74) is 1.08. The topological polar surface area (TPSA) is 46.2 Å². The Kier molecular flexibility index (Phi) is 1.06. The number of hydrogen-bond acceptors (Lipinski definition) is 2. The van der Waals surface area contributed by atoms with Crippen LogP contribution in [-0.4, -0.2) is 11.7 Å². The molecule has 0 aromatic heterocycles. The molecule has 11 heavy (non-hydrogen) atoms. The average Bonchev–Trinajstić information content (AvgIpc) is 2.30. The third-order valence-corrected chi connectivity index (χ3v) is 1.63. The number of anilines is 1. The molecule has 1 aliphatic rings. The fraction of sp³-hybridized carbons (Fsp3) is 0. The highest BCUT2D eigenvalue weighted by Crippen LogP contribution is 2.21. The lowest BCUT2D eigenvalue weighted by molar-refractivity contribution is -0.112. The molecular formula is C8H5NO2. The quantitative estimate of drug-likeness (QED) is 0.558. The zero-order valence-corrected chi connectivity index (χ0v) is 5.63. The van der Waals surface area contributed by atoms with Crippen LogP contribution in [0.2, 0.25) is 0 Å². The van der Waals surface area contributed by atoms with Gasteiger partial charge >= 0.3 is 0 Å². The van der Waals surface area contributed by atoms with Crippen LogP contribution < -0.4 is 5.32 Å². The maximum Gasteiger partial charge on any atom is 0.296 e. The number of para-hydroxylation sites is 1. The van der Waals surface area contributed by atoms with Crippen LogP contribution in [0.3, 0.4) is 0 Å². The summed E-state index contributed by atoms with van der Waals surface area (Å²) in [5.74, 6) is -0.980. The molecular weight excluding hydrogens is 146 g/mol. The Labute approximate surface area is 63.0 Å². The molecule has 1 aromatic rings. The van der Waals surface area contributed by atoms with E-state index < -0.39 is 11.7 Å². The first kappa shape index (κ1) is 6.09. The smallest absolute Gasteiger partial charge is 0.296 e. The van der Waals surface area contributed by atoms with Gasteiger partial charge in [0.25, 0.3) is 11.7 Å². The van der Waals surface area contributed by atoms with Crippen molar-refractivity contribution in [2.24, 2.45) is 0 Å². The molecule has 3 nitrogen and oxygen atoms in total. The molecule has 1 heterocycles. The van der Waals surface area contributed by atoms with Gasteiger partial charge in [0.2, 0.25) is 0 Å². The maximum absolute atomic E-state index is 11.0. The molecule has 0 aliphatic carbocycles. The van der Waals surface area contributed by atoms with Crippen LogP contribution in [0.5, 0.6) is 0 Å². The number of ketones is 1. The average molecular weight is 151 g/mol. The summed E-state index contributed by atoms with van der Waals surface area (Å²) in [6.07, 6.45) is 0. The second-order valence-electron chi connectivity index (χ2n) is 2.33. The number of Topliss-reactive ketones (excluding diaryl/α,β-unsaturated/α-hetero) is 1. The monoisotopic (exact) mass is 151 g/mol. The molecule has 3 heteroatoms. The standard InChI is InChI=1S/C8H5NO2/c10-7-5-3-1-2-4-6(5)9-8(7)11/h1-4H,(H,9,10,11)/i7+2,8+2. The summed E-state index contributed by atoms with van der Waals surface area (Å²) in [6, 6.07) is 6.85. The van der Waals surface area contributed by atoms with Crippen molar-refractivity contribution >= 4 is 17.4 Å². The van der Waals surface area contributed by atoms with Crippen LogP contribution >= 0.6 is 0 Å². The lowest BCUT2D eigenvalue weighted by Gasteiger charge is -1.91. The van der Waals surface area contributed by atoms with Crippen LogP contribution in [-0.2, 0) is 4.79 Å². The van der Waals surface area contributed by atoms with Gasteiger partial charge in [0.15, 0.2) is 0 Å². The number of carbonyl (C=O) groups excluding carboxylic acids is 2. The van der Waals surface area contributed by atoms with Gasteiger partial charge < -0.3 is 5.32 Å².